The van der Waals surface area contributed by atoms with Gasteiger partial charge in [-0.05, 0) is 6.92 Å². The lowest BCUT2D eigenvalue weighted by atomic mass is 10.3. The summed E-state index contributed by atoms with van der Waals surface area (Å²) in [6, 6.07) is -1.24. The number of hydrogen-bond acceptors (Lipinski definition) is 6. The smallest absolute Gasteiger partial charge is 0.435 e. The fourth-order valence-electron chi connectivity index (χ4n) is 1.35. The van der Waals surface area contributed by atoms with Gasteiger partial charge in [-0.15, -0.1) is 5.10 Å². The van der Waals surface area contributed by atoms with Crippen LogP contribution in [0.1, 0.15) is 23.1 Å². The van der Waals surface area contributed by atoms with Crippen LogP contribution in [-0.2, 0) is 22.3 Å². The van der Waals surface area contributed by atoms with Crippen molar-refractivity contribution >= 4 is 17.9 Å². The second-order valence-corrected chi connectivity index (χ2v) is 3.57. The molecule has 0 aliphatic carbocycles. The van der Waals surface area contributed by atoms with E-state index in [4.69, 9.17) is 0 Å². The third-order valence-electron chi connectivity index (χ3n) is 2.03. The molecule has 12 heteroatoms. The number of imide groups is 1. The predicted octanol–water partition coefficient (Wildman–Crippen LogP) is -0.332. The number of amides is 3. The molecule has 0 atom stereocenters. The molecule has 0 bridgehead atoms. The van der Waals surface area contributed by atoms with E-state index in [0.29, 0.717) is 0 Å². The molecule has 1 aromatic rings. The predicted molar refractivity (Wildman–Crippen MR) is 58.7 cm³/mol. The number of aromatic nitrogens is 3. The largest absolute Gasteiger partial charge is 0.461 e. The number of ether oxygens (including phenoxy) is 1. The van der Waals surface area contributed by atoms with Gasteiger partial charge in [-0.25, -0.2) is 14.3 Å². The number of halogens is 3. The number of urea groups is 1. The third kappa shape index (κ3) is 4.15. The molecule has 21 heavy (non-hydrogen) atoms. The van der Waals surface area contributed by atoms with Crippen LogP contribution in [0.4, 0.5) is 18.0 Å². The van der Waals surface area contributed by atoms with Crippen LogP contribution in [0, 0.1) is 0 Å². The Morgan fingerprint density at radius 3 is 2.48 bits per heavy atom. The van der Waals surface area contributed by atoms with Crippen molar-refractivity contribution in [1.29, 1.82) is 0 Å². The minimum absolute atomic E-state index is 0.129. The van der Waals surface area contributed by atoms with E-state index in [1.807, 2.05) is 0 Å². The number of primary amides is 1. The Bertz CT molecular complexity index is 568. The van der Waals surface area contributed by atoms with Crippen molar-refractivity contribution in [3.05, 3.63) is 11.4 Å². The lowest BCUT2D eigenvalue weighted by molar-refractivity contribution is -0.145. The molecule has 3 N–H and O–H groups in total. The van der Waals surface area contributed by atoms with Gasteiger partial charge in [0.15, 0.2) is 5.69 Å². The summed E-state index contributed by atoms with van der Waals surface area (Å²) in [5.41, 5.74) is 2.02. The fraction of sp³-hybridized carbons (Fsp3) is 0.444. The standard InChI is InChI=1S/C9H10F3N5O4/c1-2-21-7(19)5-6(9(10,11)12)17(16-15-5)3-4(18)14-8(13)20/h2-3H2,1H3,(H3,13,14,18,20). The number of esters is 1. The van der Waals surface area contributed by atoms with Crippen LogP contribution in [0.3, 0.4) is 0 Å². The molecule has 0 saturated carbocycles. The van der Waals surface area contributed by atoms with E-state index >= 15 is 0 Å². The van der Waals surface area contributed by atoms with E-state index in [9.17, 15) is 27.6 Å². The molecule has 0 aliphatic rings. The summed E-state index contributed by atoms with van der Waals surface area (Å²) in [6.45, 7) is 0.241. The van der Waals surface area contributed by atoms with Crippen molar-refractivity contribution in [2.24, 2.45) is 5.73 Å². The molecule has 0 aliphatic heterocycles. The van der Waals surface area contributed by atoms with Crippen LogP contribution < -0.4 is 11.1 Å². The Morgan fingerprint density at radius 1 is 1.38 bits per heavy atom. The van der Waals surface area contributed by atoms with Crippen LogP contribution in [-0.4, -0.2) is 39.5 Å². The lowest BCUT2D eigenvalue weighted by Crippen LogP contribution is -2.38. The number of nitrogens with zero attached hydrogens (tertiary/aromatic N) is 3. The zero-order valence-corrected chi connectivity index (χ0v) is 10.6. The highest BCUT2D eigenvalue weighted by Crippen LogP contribution is 2.31. The van der Waals surface area contributed by atoms with Gasteiger partial charge in [-0.2, -0.15) is 13.2 Å². The average molecular weight is 309 g/mol. The minimum Gasteiger partial charge on any atom is -0.461 e. The summed E-state index contributed by atoms with van der Waals surface area (Å²) in [4.78, 5) is 33.0. The number of rotatable bonds is 4. The quantitative estimate of drug-likeness (QED) is 0.732. The average Bonchev–Trinajstić information content (AvgIpc) is 2.71. The Hall–Kier alpha value is -2.66. The van der Waals surface area contributed by atoms with Crippen molar-refractivity contribution in [1.82, 2.24) is 20.3 Å². The molecule has 0 unspecified atom stereocenters. The molecule has 0 saturated heterocycles. The number of nitrogens with two attached hydrogens (primary N) is 1. The Kier molecular flexibility index (Phi) is 4.84. The molecule has 0 aromatic carbocycles. The van der Waals surface area contributed by atoms with Crippen LogP contribution in [0.5, 0.6) is 0 Å². The molecule has 9 nitrogen and oxygen atoms in total. The molecular formula is C9H10F3N5O4. The van der Waals surface area contributed by atoms with Gasteiger partial charge >= 0.3 is 18.2 Å². The fourth-order valence-corrected chi connectivity index (χ4v) is 1.35. The normalized spacial score (nSPS) is 11.0. The van der Waals surface area contributed by atoms with Gasteiger partial charge in [0.2, 0.25) is 11.6 Å². The molecule has 116 valence electrons. The van der Waals surface area contributed by atoms with Crippen molar-refractivity contribution in [2.45, 2.75) is 19.6 Å². The maximum Gasteiger partial charge on any atom is 0.435 e. The van der Waals surface area contributed by atoms with E-state index in [1.165, 1.54) is 6.92 Å². The SMILES string of the molecule is CCOC(=O)c1nnn(CC(=O)NC(N)=O)c1C(F)(F)F. The van der Waals surface area contributed by atoms with Crippen LogP contribution in [0.15, 0.2) is 0 Å². The first kappa shape index (κ1) is 16.4. The molecule has 3 amide bonds. The maximum atomic E-state index is 12.9. The number of carbonyl (C=O) groups is 3. The summed E-state index contributed by atoms with van der Waals surface area (Å²) >= 11 is 0. The summed E-state index contributed by atoms with van der Waals surface area (Å²) < 4.78 is 43.3. The van der Waals surface area contributed by atoms with E-state index in [1.54, 1.807) is 5.32 Å². The first-order valence-corrected chi connectivity index (χ1v) is 5.43. The van der Waals surface area contributed by atoms with Crippen molar-refractivity contribution in [3.63, 3.8) is 0 Å². The minimum atomic E-state index is -5.00. The Morgan fingerprint density at radius 2 is 2.00 bits per heavy atom. The van der Waals surface area contributed by atoms with E-state index in [0.717, 1.165) is 0 Å². The summed E-state index contributed by atoms with van der Waals surface area (Å²) in [5.74, 6) is -2.47. The summed E-state index contributed by atoms with van der Waals surface area (Å²) in [5, 5.41) is 7.68. The molecule has 0 fully saturated rings. The van der Waals surface area contributed by atoms with Gasteiger partial charge in [-0.1, -0.05) is 5.21 Å². The zero-order valence-electron chi connectivity index (χ0n) is 10.6. The highest BCUT2D eigenvalue weighted by atomic mass is 19.4. The molecule has 1 heterocycles. The first-order chi connectivity index (χ1) is 9.66. The van der Waals surface area contributed by atoms with Gasteiger partial charge in [-0.3, -0.25) is 10.1 Å². The van der Waals surface area contributed by atoms with Crippen molar-refractivity contribution in [2.75, 3.05) is 6.61 Å². The molecule has 0 radical (unpaired) electrons. The van der Waals surface area contributed by atoms with Gasteiger partial charge in [0.25, 0.3) is 0 Å². The number of alkyl halides is 3. The first-order valence-electron chi connectivity index (χ1n) is 5.43. The van der Waals surface area contributed by atoms with Crippen LogP contribution in [0.2, 0.25) is 0 Å². The van der Waals surface area contributed by atoms with E-state index in [-0.39, 0.29) is 11.3 Å². The number of hydrogen-bond donors (Lipinski definition) is 2. The molecular weight excluding hydrogens is 299 g/mol. The Balaban J connectivity index is 3.13. The highest BCUT2D eigenvalue weighted by molar-refractivity contribution is 5.93. The number of carbonyl (C=O) groups excluding carboxylic acids is 3. The van der Waals surface area contributed by atoms with E-state index in [2.05, 4.69) is 20.8 Å². The highest BCUT2D eigenvalue weighted by Gasteiger charge is 2.42. The van der Waals surface area contributed by atoms with Gasteiger partial charge in [0.05, 0.1) is 6.61 Å². The molecule has 1 aromatic heterocycles. The Labute approximate surface area is 115 Å². The van der Waals surface area contributed by atoms with Crippen LogP contribution >= 0.6 is 0 Å². The second-order valence-electron chi connectivity index (χ2n) is 3.57. The zero-order chi connectivity index (χ0) is 16.2. The molecule has 0 spiro atoms. The van der Waals surface area contributed by atoms with Crippen molar-refractivity contribution < 1.29 is 32.3 Å². The lowest BCUT2D eigenvalue weighted by Gasteiger charge is -2.10. The van der Waals surface area contributed by atoms with Crippen LogP contribution in [0.25, 0.3) is 0 Å². The van der Waals surface area contributed by atoms with Gasteiger partial charge < -0.3 is 10.5 Å². The summed E-state index contributed by atoms with van der Waals surface area (Å²) in [7, 11) is 0. The monoisotopic (exact) mass is 309 g/mol. The number of nitrogens with one attached hydrogen (secondary N) is 1. The second kappa shape index (κ2) is 6.19. The van der Waals surface area contributed by atoms with Crippen molar-refractivity contribution in [3.8, 4) is 0 Å². The summed E-state index contributed by atoms with van der Waals surface area (Å²) in [6.07, 6.45) is -5.00. The third-order valence-corrected chi connectivity index (χ3v) is 2.03. The maximum absolute atomic E-state index is 12.9. The topological polar surface area (TPSA) is 129 Å². The van der Waals surface area contributed by atoms with E-state index < -0.39 is 42.0 Å². The molecule has 1 rings (SSSR count). The van der Waals surface area contributed by atoms with Gasteiger partial charge in [0, 0.05) is 0 Å². The van der Waals surface area contributed by atoms with Gasteiger partial charge in [0.1, 0.15) is 6.54 Å².